The van der Waals surface area contributed by atoms with E-state index in [9.17, 15) is 14.4 Å². The van der Waals surface area contributed by atoms with E-state index in [0.29, 0.717) is 41.6 Å². The number of halogens is 1. The van der Waals surface area contributed by atoms with E-state index >= 15 is 0 Å². The van der Waals surface area contributed by atoms with Crippen LogP contribution >= 0.6 is 0 Å². The third-order valence-corrected chi connectivity index (χ3v) is 4.09. The topological polar surface area (TPSA) is 85.0 Å². The first-order valence-electron chi connectivity index (χ1n) is 7.99. The number of amides is 2. The second-order valence-electron chi connectivity index (χ2n) is 5.92. The van der Waals surface area contributed by atoms with Crippen molar-refractivity contribution in [3.8, 4) is 17.2 Å². The normalized spacial score (nSPS) is 19.4. The van der Waals surface area contributed by atoms with E-state index in [1.165, 1.54) is 12.1 Å². The molecule has 1 aliphatic carbocycles. The molecule has 0 aliphatic heterocycles. The van der Waals surface area contributed by atoms with Crippen LogP contribution in [0.4, 0.5) is 9.18 Å². The molecule has 1 saturated carbocycles. The molecule has 0 saturated heterocycles. The lowest BCUT2D eigenvalue weighted by atomic mass is 10.2. The molecule has 2 aromatic carbocycles. The first kappa shape index (κ1) is 17.0. The summed E-state index contributed by atoms with van der Waals surface area (Å²) in [6, 6.07) is 11.7. The Hall–Kier alpha value is -2.80. The lowest BCUT2D eigenvalue weighted by Crippen LogP contribution is -2.40. The van der Waals surface area contributed by atoms with Crippen LogP contribution in [0.1, 0.15) is 19.3 Å². The highest BCUT2D eigenvalue weighted by Crippen LogP contribution is 2.30. The number of nitrogens with two attached hydrogens (primary N) is 1. The van der Waals surface area contributed by atoms with Gasteiger partial charge < -0.3 is 15.2 Å². The molecular formula is C18H19FN2O4. The van der Waals surface area contributed by atoms with Crippen LogP contribution in [-0.2, 0) is 0 Å². The number of nitrogens with zero attached hydrogens (tertiary/aromatic N) is 1. The molecule has 25 heavy (non-hydrogen) atoms. The Kier molecular flexibility index (Phi) is 5.04. The summed E-state index contributed by atoms with van der Waals surface area (Å²) in [4.78, 5) is 11.0. The van der Waals surface area contributed by atoms with Crippen LogP contribution in [0.25, 0.3) is 0 Å². The van der Waals surface area contributed by atoms with Crippen molar-refractivity contribution in [2.75, 3.05) is 0 Å². The van der Waals surface area contributed by atoms with Crippen LogP contribution in [0.15, 0.2) is 48.5 Å². The van der Waals surface area contributed by atoms with Crippen molar-refractivity contribution in [1.82, 2.24) is 5.06 Å². The maximum Gasteiger partial charge on any atom is 0.338 e. The lowest BCUT2D eigenvalue weighted by molar-refractivity contribution is -0.0746. The molecule has 0 radical (unpaired) electrons. The number of primary amides is 1. The second-order valence-corrected chi connectivity index (χ2v) is 5.92. The Balaban J connectivity index is 1.60. The van der Waals surface area contributed by atoms with Crippen molar-refractivity contribution in [3.63, 3.8) is 0 Å². The third kappa shape index (κ3) is 4.39. The van der Waals surface area contributed by atoms with Crippen LogP contribution < -0.4 is 15.2 Å². The predicted octanol–water partition coefficient (Wildman–Crippen LogP) is 3.69. The molecule has 2 unspecified atom stereocenters. The fraction of sp³-hybridized carbons (Fsp3) is 0.278. The van der Waals surface area contributed by atoms with Gasteiger partial charge in [-0.15, -0.1) is 0 Å². The van der Waals surface area contributed by atoms with Gasteiger partial charge in [0.15, 0.2) is 0 Å². The van der Waals surface area contributed by atoms with Gasteiger partial charge in [0, 0.05) is 12.5 Å². The van der Waals surface area contributed by atoms with Crippen molar-refractivity contribution < 1.29 is 23.9 Å². The van der Waals surface area contributed by atoms with Crippen LogP contribution in [0, 0.1) is 5.82 Å². The van der Waals surface area contributed by atoms with E-state index in [1.807, 2.05) is 0 Å². The smallest absolute Gasteiger partial charge is 0.338 e. The standard InChI is InChI=1S/C18H19FN2O4/c19-12-4-7-14(8-5-12)24-15-2-1-3-16(11-15)25-17-9-6-13(10-17)21(23)18(20)22/h1-5,7-8,11,13,17,23H,6,9-10H2,(H2,20,22). The van der Waals surface area contributed by atoms with Crippen molar-refractivity contribution in [3.05, 3.63) is 54.3 Å². The molecule has 0 spiro atoms. The predicted molar refractivity (Wildman–Crippen MR) is 88.2 cm³/mol. The van der Waals surface area contributed by atoms with Gasteiger partial charge in [-0.3, -0.25) is 5.21 Å². The van der Waals surface area contributed by atoms with Gasteiger partial charge in [-0.1, -0.05) is 6.07 Å². The SMILES string of the molecule is NC(=O)N(O)C1CCC(Oc2cccc(Oc3ccc(F)cc3)c2)C1. The van der Waals surface area contributed by atoms with Crippen molar-refractivity contribution in [2.24, 2.45) is 5.73 Å². The maximum absolute atomic E-state index is 12.9. The summed E-state index contributed by atoms with van der Waals surface area (Å²) in [6.45, 7) is 0. The van der Waals surface area contributed by atoms with Gasteiger partial charge in [0.25, 0.3) is 0 Å². The molecule has 7 heteroatoms. The minimum atomic E-state index is -0.861. The first-order chi connectivity index (χ1) is 12.0. The molecular weight excluding hydrogens is 327 g/mol. The Morgan fingerprint density at radius 3 is 2.56 bits per heavy atom. The van der Waals surface area contributed by atoms with E-state index in [0.717, 1.165) is 0 Å². The Bertz CT molecular complexity index is 738. The van der Waals surface area contributed by atoms with Crippen LogP contribution in [0.5, 0.6) is 17.2 Å². The summed E-state index contributed by atoms with van der Waals surface area (Å²) in [5.41, 5.74) is 5.07. The van der Waals surface area contributed by atoms with Gasteiger partial charge in [0.05, 0.1) is 6.04 Å². The minimum absolute atomic E-state index is 0.125. The van der Waals surface area contributed by atoms with Gasteiger partial charge in [-0.05, 0) is 49.2 Å². The highest BCUT2D eigenvalue weighted by Gasteiger charge is 2.31. The monoisotopic (exact) mass is 346 g/mol. The number of carbonyl (C=O) groups excluding carboxylic acids is 1. The average molecular weight is 346 g/mol. The quantitative estimate of drug-likeness (QED) is 0.639. The van der Waals surface area contributed by atoms with E-state index in [-0.39, 0.29) is 18.0 Å². The molecule has 132 valence electrons. The van der Waals surface area contributed by atoms with Gasteiger partial charge in [-0.25, -0.2) is 14.2 Å². The van der Waals surface area contributed by atoms with Gasteiger partial charge in [-0.2, -0.15) is 0 Å². The minimum Gasteiger partial charge on any atom is -0.490 e. The number of ether oxygens (including phenoxy) is 2. The van der Waals surface area contributed by atoms with E-state index in [2.05, 4.69) is 0 Å². The van der Waals surface area contributed by atoms with Gasteiger partial charge in [0.2, 0.25) is 0 Å². The number of hydroxylamine groups is 2. The molecule has 2 atom stereocenters. The second kappa shape index (κ2) is 7.40. The zero-order valence-electron chi connectivity index (χ0n) is 13.5. The highest BCUT2D eigenvalue weighted by molar-refractivity contribution is 5.70. The molecule has 2 amide bonds. The van der Waals surface area contributed by atoms with Crippen LogP contribution in [0.3, 0.4) is 0 Å². The largest absolute Gasteiger partial charge is 0.490 e. The number of carbonyl (C=O) groups is 1. The zero-order valence-corrected chi connectivity index (χ0v) is 13.5. The lowest BCUT2D eigenvalue weighted by Gasteiger charge is -2.20. The van der Waals surface area contributed by atoms with E-state index in [1.54, 1.807) is 36.4 Å². The zero-order chi connectivity index (χ0) is 17.8. The van der Waals surface area contributed by atoms with Crippen LogP contribution in [-0.4, -0.2) is 28.4 Å². The summed E-state index contributed by atoms with van der Waals surface area (Å²) in [5, 5.41) is 10.2. The van der Waals surface area contributed by atoms with Crippen molar-refractivity contribution >= 4 is 6.03 Å². The van der Waals surface area contributed by atoms with Crippen molar-refractivity contribution in [1.29, 1.82) is 0 Å². The highest BCUT2D eigenvalue weighted by atomic mass is 19.1. The Labute approximate surface area is 144 Å². The van der Waals surface area contributed by atoms with Crippen LogP contribution in [0.2, 0.25) is 0 Å². The number of hydrogen-bond acceptors (Lipinski definition) is 4. The molecule has 1 fully saturated rings. The molecule has 0 aromatic heterocycles. The molecule has 2 aromatic rings. The molecule has 3 N–H and O–H groups in total. The number of rotatable bonds is 5. The molecule has 6 nitrogen and oxygen atoms in total. The molecule has 0 heterocycles. The summed E-state index contributed by atoms with van der Waals surface area (Å²) in [7, 11) is 0. The molecule has 3 rings (SSSR count). The van der Waals surface area contributed by atoms with Gasteiger partial charge >= 0.3 is 6.03 Å². The molecule has 1 aliphatic rings. The number of urea groups is 1. The Morgan fingerprint density at radius 2 is 1.84 bits per heavy atom. The fourth-order valence-electron chi connectivity index (χ4n) is 2.87. The third-order valence-electron chi connectivity index (χ3n) is 4.09. The average Bonchev–Trinajstić information content (AvgIpc) is 3.05. The van der Waals surface area contributed by atoms with Crippen molar-refractivity contribution in [2.45, 2.75) is 31.4 Å². The van der Waals surface area contributed by atoms with E-state index < -0.39 is 6.03 Å². The fourth-order valence-corrected chi connectivity index (χ4v) is 2.87. The van der Waals surface area contributed by atoms with Gasteiger partial charge in [0.1, 0.15) is 29.2 Å². The van der Waals surface area contributed by atoms with E-state index in [4.69, 9.17) is 15.2 Å². The summed E-state index contributed by atoms with van der Waals surface area (Å²) in [5.74, 6) is 1.39. The molecule has 0 bridgehead atoms. The summed E-state index contributed by atoms with van der Waals surface area (Å²) >= 11 is 0. The summed E-state index contributed by atoms with van der Waals surface area (Å²) in [6.07, 6.45) is 1.70. The Morgan fingerprint density at radius 1 is 1.12 bits per heavy atom. The maximum atomic E-state index is 12.9. The number of benzene rings is 2. The number of hydrogen-bond donors (Lipinski definition) is 2. The summed E-state index contributed by atoms with van der Waals surface area (Å²) < 4.78 is 24.5. The first-order valence-corrected chi connectivity index (χ1v) is 7.99.